The number of carboxylic acids is 1. The van der Waals surface area contributed by atoms with Crippen molar-refractivity contribution in [3.63, 3.8) is 0 Å². The largest absolute Gasteiger partial charge is 0.481 e. The lowest BCUT2D eigenvalue weighted by Gasteiger charge is -2.20. The maximum Gasteiger partial charge on any atom is 0.340 e. The fourth-order valence-electron chi connectivity index (χ4n) is 1.71. The second-order valence-corrected chi connectivity index (χ2v) is 5.72. The molecule has 2 amide bonds. The third kappa shape index (κ3) is 4.92. The number of halogens is 2. The number of rotatable bonds is 5. The molecule has 1 atom stereocenters. The molecule has 0 saturated carbocycles. The quantitative estimate of drug-likeness (QED) is 0.753. The first-order valence-electron chi connectivity index (χ1n) is 6.49. The zero-order chi connectivity index (χ0) is 17.7. The summed E-state index contributed by atoms with van der Waals surface area (Å²) in [6.45, 7) is 1.46. The summed E-state index contributed by atoms with van der Waals surface area (Å²) in [6, 6.07) is 1.83. The fourth-order valence-corrected chi connectivity index (χ4v) is 2.17. The minimum Gasteiger partial charge on any atom is -0.481 e. The summed E-state index contributed by atoms with van der Waals surface area (Å²) >= 11 is 2.96. The van der Waals surface area contributed by atoms with Gasteiger partial charge in [0.25, 0.3) is 0 Å². The van der Waals surface area contributed by atoms with Gasteiger partial charge in [-0.3, -0.25) is 4.79 Å². The van der Waals surface area contributed by atoms with Gasteiger partial charge in [-0.05, 0) is 28.1 Å². The number of ether oxygens (including phenoxy) is 1. The minimum atomic E-state index is -1.03. The van der Waals surface area contributed by atoms with Crippen LogP contribution in [0, 0.1) is 11.7 Å². The van der Waals surface area contributed by atoms with E-state index in [1.807, 2.05) is 0 Å². The third-order valence-electron chi connectivity index (χ3n) is 3.00. The van der Waals surface area contributed by atoms with Gasteiger partial charge in [0.15, 0.2) is 5.82 Å². The minimum absolute atomic E-state index is 0.00656. The van der Waals surface area contributed by atoms with Crippen molar-refractivity contribution in [1.29, 1.82) is 0 Å². The number of benzene rings is 1. The molecule has 0 heterocycles. The number of urea groups is 1. The number of nitrogens with one attached hydrogen (secondary N) is 1. The summed E-state index contributed by atoms with van der Waals surface area (Å²) in [5.41, 5.74) is -0.169. The smallest absolute Gasteiger partial charge is 0.340 e. The van der Waals surface area contributed by atoms with Crippen LogP contribution >= 0.6 is 15.9 Å². The van der Waals surface area contributed by atoms with E-state index in [2.05, 4.69) is 26.0 Å². The SMILES string of the molecule is COC(=O)c1cc(NC(=O)N(C)CC(C)C(=O)O)cc(Br)c1F. The molecule has 0 aliphatic heterocycles. The molecule has 9 heteroatoms. The van der Waals surface area contributed by atoms with Gasteiger partial charge in [-0.2, -0.15) is 0 Å². The van der Waals surface area contributed by atoms with E-state index in [-0.39, 0.29) is 22.3 Å². The molecule has 0 spiro atoms. The number of aliphatic carboxylic acids is 1. The summed E-state index contributed by atoms with van der Waals surface area (Å²) in [6.07, 6.45) is 0. The highest BCUT2D eigenvalue weighted by Gasteiger charge is 2.20. The second kappa shape index (κ2) is 7.91. The van der Waals surface area contributed by atoms with Crippen LogP contribution in [0.25, 0.3) is 0 Å². The van der Waals surface area contributed by atoms with Gasteiger partial charge in [0.2, 0.25) is 0 Å². The molecule has 0 aromatic heterocycles. The highest BCUT2D eigenvalue weighted by Crippen LogP contribution is 2.25. The molecule has 1 aromatic carbocycles. The van der Waals surface area contributed by atoms with Gasteiger partial charge < -0.3 is 20.1 Å². The van der Waals surface area contributed by atoms with Gasteiger partial charge >= 0.3 is 18.0 Å². The Bertz CT molecular complexity index is 638. The van der Waals surface area contributed by atoms with E-state index in [1.165, 1.54) is 24.9 Å². The Morgan fingerprint density at radius 3 is 2.57 bits per heavy atom. The molecule has 0 bridgehead atoms. The summed E-state index contributed by atoms with van der Waals surface area (Å²) in [4.78, 5) is 35.5. The fraction of sp³-hybridized carbons (Fsp3) is 0.357. The lowest BCUT2D eigenvalue weighted by atomic mass is 10.2. The molecule has 1 aromatic rings. The van der Waals surface area contributed by atoms with Gasteiger partial charge in [-0.25, -0.2) is 14.0 Å². The Morgan fingerprint density at radius 2 is 2.04 bits per heavy atom. The summed E-state index contributed by atoms with van der Waals surface area (Å²) in [5.74, 6) is -3.45. The Balaban J connectivity index is 2.92. The molecule has 0 aliphatic rings. The predicted molar refractivity (Wildman–Crippen MR) is 83.9 cm³/mol. The number of nitrogens with zero attached hydrogens (tertiary/aromatic N) is 1. The van der Waals surface area contributed by atoms with Gasteiger partial charge in [0.1, 0.15) is 0 Å². The number of methoxy groups -OCH3 is 1. The van der Waals surface area contributed by atoms with Crippen LogP contribution in [-0.2, 0) is 9.53 Å². The maximum atomic E-state index is 13.8. The average Bonchev–Trinajstić information content (AvgIpc) is 2.49. The summed E-state index contributed by atoms with van der Waals surface area (Å²) in [5, 5.41) is 11.3. The van der Waals surface area contributed by atoms with Crippen molar-refractivity contribution >= 4 is 39.6 Å². The summed E-state index contributed by atoms with van der Waals surface area (Å²) in [7, 11) is 2.54. The number of carboxylic acid groups (broad SMARTS) is 1. The van der Waals surface area contributed by atoms with E-state index in [0.717, 1.165) is 13.2 Å². The van der Waals surface area contributed by atoms with E-state index in [9.17, 15) is 18.8 Å². The molecular formula is C14H16BrFN2O5. The van der Waals surface area contributed by atoms with Crippen molar-refractivity contribution in [1.82, 2.24) is 4.90 Å². The monoisotopic (exact) mass is 390 g/mol. The molecule has 1 unspecified atom stereocenters. The van der Waals surface area contributed by atoms with Crippen molar-refractivity contribution in [2.75, 3.05) is 26.0 Å². The number of carbonyl (C=O) groups is 3. The van der Waals surface area contributed by atoms with Crippen molar-refractivity contribution in [2.24, 2.45) is 5.92 Å². The van der Waals surface area contributed by atoms with Crippen molar-refractivity contribution in [2.45, 2.75) is 6.92 Å². The van der Waals surface area contributed by atoms with E-state index >= 15 is 0 Å². The normalized spacial score (nSPS) is 11.5. The Kier molecular flexibility index (Phi) is 6.49. The molecule has 126 valence electrons. The van der Waals surface area contributed by atoms with Crippen LogP contribution in [0.2, 0.25) is 0 Å². The third-order valence-corrected chi connectivity index (χ3v) is 3.58. The Hall–Kier alpha value is -2.16. The number of carbonyl (C=O) groups excluding carboxylic acids is 2. The average molecular weight is 391 g/mol. The van der Waals surface area contributed by atoms with Gasteiger partial charge in [0.05, 0.1) is 23.1 Å². The van der Waals surface area contributed by atoms with Crippen molar-refractivity contribution in [3.05, 3.63) is 28.0 Å². The first-order valence-corrected chi connectivity index (χ1v) is 7.29. The molecule has 1 rings (SSSR count). The predicted octanol–water partition coefficient (Wildman–Crippen LogP) is 2.56. The number of anilines is 1. The van der Waals surface area contributed by atoms with Crippen LogP contribution in [0.4, 0.5) is 14.9 Å². The molecule has 2 N–H and O–H groups in total. The highest BCUT2D eigenvalue weighted by molar-refractivity contribution is 9.10. The lowest BCUT2D eigenvalue weighted by molar-refractivity contribution is -0.141. The van der Waals surface area contributed by atoms with E-state index in [0.29, 0.717) is 0 Å². The Labute approximate surface area is 140 Å². The molecule has 23 heavy (non-hydrogen) atoms. The second-order valence-electron chi connectivity index (χ2n) is 4.86. The van der Waals surface area contributed by atoms with Crippen LogP contribution in [-0.4, -0.2) is 48.7 Å². The standard InChI is InChI=1S/C14H16BrFN2O5/c1-7(12(19)20)6-18(2)14(22)17-8-4-9(13(21)23-3)11(16)10(15)5-8/h4-5,7H,6H2,1-3H3,(H,17,22)(H,19,20). The molecular weight excluding hydrogens is 375 g/mol. The van der Waals surface area contributed by atoms with Crippen molar-refractivity contribution in [3.8, 4) is 0 Å². The molecule has 0 fully saturated rings. The summed E-state index contributed by atoms with van der Waals surface area (Å²) < 4.78 is 18.3. The van der Waals surface area contributed by atoms with Crippen LogP contribution in [0.3, 0.4) is 0 Å². The first kappa shape index (κ1) is 18.9. The van der Waals surface area contributed by atoms with Crippen LogP contribution < -0.4 is 5.32 Å². The zero-order valence-corrected chi connectivity index (χ0v) is 14.3. The van der Waals surface area contributed by atoms with Crippen LogP contribution in [0.1, 0.15) is 17.3 Å². The highest BCUT2D eigenvalue weighted by atomic mass is 79.9. The van der Waals surface area contributed by atoms with E-state index < -0.39 is 29.7 Å². The zero-order valence-electron chi connectivity index (χ0n) is 12.7. The topological polar surface area (TPSA) is 95.9 Å². The lowest BCUT2D eigenvalue weighted by Crippen LogP contribution is -2.36. The molecule has 0 aliphatic carbocycles. The number of amides is 2. The maximum absolute atomic E-state index is 13.8. The van der Waals surface area contributed by atoms with Crippen LogP contribution in [0.15, 0.2) is 16.6 Å². The molecule has 0 radical (unpaired) electrons. The van der Waals surface area contributed by atoms with Gasteiger partial charge in [-0.1, -0.05) is 6.92 Å². The number of hydrogen-bond donors (Lipinski definition) is 2. The van der Waals surface area contributed by atoms with Gasteiger partial charge in [0, 0.05) is 19.3 Å². The van der Waals surface area contributed by atoms with Crippen molar-refractivity contribution < 1.29 is 28.6 Å². The van der Waals surface area contributed by atoms with Crippen LogP contribution in [0.5, 0.6) is 0 Å². The molecule has 0 saturated heterocycles. The number of esters is 1. The number of hydrogen-bond acceptors (Lipinski definition) is 4. The Morgan fingerprint density at radius 1 is 1.43 bits per heavy atom. The van der Waals surface area contributed by atoms with Gasteiger partial charge in [-0.15, -0.1) is 0 Å². The molecule has 7 nitrogen and oxygen atoms in total. The first-order chi connectivity index (χ1) is 10.7. The van der Waals surface area contributed by atoms with E-state index in [4.69, 9.17) is 5.11 Å². The van der Waals surface area contributed by atoms with E-state index in [1.54, 1.807) is 0 Å².